The van der Waals surface area contributed by atoms with Gasteiger partial charge in [-0.3, -0.25) is 9.59 Å². The largest absolute Gasteiger partial charge is 0.450 e. The van der Waals surface area contributed by atoms with Crippen molar-refractivity contribution in [3.63, 3.8) is 0 Å². The number of furan rings is 1. The summed E-state index contributed by atoms with van der Waals surface area (Å²) in [5.74, 6) is -1.67. The van der Waals surface area contributed by atoms with Crippen LogP contribution in [0.3, 0.4) is 0 Å². The molecule has 1 aromatic carbocycles. The molecule has 0 spiro atoms. The van der Waals surface area contributed by atoms with Crippen LogP contribution in [0.2, 0.25) is 5.02 Å². The summed E-state index contributed by atoms with van der Waals surface area (Å²) in [4.78, 5) is 34.8. The highest BCUT2D eigenvalue weighted by Crippen LogP contribution is 2.23. The molecule has 1 aromatic heterocycles. The first-order valence-corrected chi connectivity index (χ1v) is 7.77. The molecule has 0 saturated carbocycles. The molecule has 24 heavy (non-hydrogen) atoms. The van der Waals surface area contributed by atoms with Crippen molar-refractivity contribution in [3.05, 3.63) is 35.0 Å². The van der Waals surface area contributed by atoms with Crippen molar-refractivity contribution in [2.45, 2.75) is 13.3 Å². The Bertz CT molecular complexity index is 756. The molecule has 0 fully saturated rings. The lowest BCUT2D eigenvalue weighted by Gasteiger charge is -2.06. The van der Waals surface area contributed by atoms with Gasteiger partial charge in [0.25, 0.3) is 5.91 Å². The molecule has 1 heterocycles. The average Bonchev–Trinajstić information content (AvgIpc) is 2.99. The lowest BCUT2D eigenvalue weighted by molar-refractivity contribution is -0.127. The van der Waals surface area contributed by atoms with Crippen molar-refractivity contribution in [3.8, 4) is 0 Å². The Morgan fingerprint density at radius 3 is 2.71 bits per heavy atom. The number of fused-ring (bicyclic) bond motifs is 1. The molecule has 0 radical (unpaired) electrons. The third-order valence-electron chi connectivity index (χ3n) is 3.03. The molecule has 0 atom stereocenters. The summed E-state index contributed by atoms with van der Waals surface area (Å²) in [6.07, 6.45) is 0.806. The van der Waals surface area contributed by atoms with Crippen LogP contribution in [0.4, 0.5) is 0 Å². The molecule has 0 aliphatic carbocycles. The lowest BCUT2D eigenvalue weighted by atomic mass is 10.2. The van der Waals surface area contributed by atoms with Crippen LogP contribution >= 0.6 is 11.6 Å². The molecule has 7 nitrogen and oxygen atoms in total. The van der Waals surface area contributed by atoms with Crippen molar-refractivity contribution < 1.29 is 23.5 Å². The van der Waals surface area contributed by atoms with Crippen LogP contribution in [0.25, 0.3) is 11.0 Å². The smallest absolute Gasteiger partial charge is 0.374 e. The van der Waals surface area contributed by atoms with E-state index in [1.54, 1.807) is 18.2 Å². The average molecular weight is 353 g/mol. The van der Waals surface area contributed by atoms with Crippen molar-refractivity contribution in [1.82, 2.24) is 10.6 Å². The van der Waals surface area contributed by atoms with Gasteiger partial charge in [-0.1, -0.05) is 18.5 Å². The standard InChI is InChI=1S/C16H17ClN2O5/c1-2-5-18-14(20)8-19-15(21)9-23-16(22)13-7-10-6-11(17)3-4-12(10)24-13/h3-4,6-7H,2,5,8-9H2,1H3,(H,18,20)(H,19,21). The highest BCUT2D eigenvalue weighted by molar-refractivity contribution is 6.31. The van der Waals surface area contributed by atoms with Gasteiger partial charge in [-0.05, 0) is 30.7 Å². The van der Waals surface area contributed by atoms with E-state index in [4.69, 9.17) is 20.8 Å². The number of rotatable bonds is 7. The van der Waals surface area contributed by atoms with Crippen LogP contribution < -0.4 is 10.6 Å². The zero-order valence-corrected chi connectivity index (χ0v) is 13.8. The van der Waals surface area contributed by atoms with Gasteiger partial charge in [0.05, 0.1) is 6.54 Å². The van der Waals surface area contributed by atoms with Gasteiger partial charge in [-0.2, -0.15) is 0 Å². The summed E-state index contributed by atoms with van der Waals surface area (Å²) < 4.78 is 10.2. The Kier molecular flexibility index (Phi) is 6.20. The van der Waals surface area contributed by atoms with E-state index in [9.17, 15) is 14.4 Å². The highest BCUT2D eigenvalue weighted by Gasteiger charge is 2.16. The Balaban J connectivity index is 1.81. The van der Waals surface area contributed by atoms with Gasteiger partial charge in [0, 0.05) is 17.0 Å². The highest BCUT2D eigenvalue weighted by atomic mass is 35.5. The number of esters is 1. The maximum atomic E-state index is 11.9. The molecule has 0 unspecified atom stereocenters. The number of halogens is 1. The minimum atomic E-state index is -0.770. The van der Waals surface area contributed by atoms with Gasteiger partial charge in [0.2, 0.25) is 11.7 Å². The molecule has 2 aromatic rings. The first kappa shape index (κ1) is 17.8. The quantitative estimate of drug-likeness (QED) is 0.741. The minimum absolute atomic E-state index is 0.0271. The van der Waals surface area contributed by atoms with Crippen LogP contribution in [0, 0.1) is 0 Å². The summed E-state index contributed by atoms with van der Waals surface area (Å²) in [6, 6.07) is 6.41. The van der Waals surface area contributed by atoms with Gasteiger partial charge < -0.3 is 19.8 Å². The molecular formula is C16H17ClN2O5. The summed E-state index contributed by atoms with van der Waals surface area (Å²) in [5.41, 5.74) is 0.489. The van der Waals surface area contributed by atoms with Crippen LogP contribution in [0.1, 0.15) is 23.9 Å². The third kappa shape index (κ3) is 4.99. The molecule has 0 bridgehead atoms. The maximum Gasteiger partial charge on any atom is 0.374 e. The van der Waals surface area contributed by atoms with E-state index in [2.05, 4.69) is 10.6 Å². The number of ether oxygens (including phenoxy) is 1. The van der Waals surface area contributed by atoms with Crippen molar-refractivity contribution >= 4 is 40.4 Å². The molecule has 0 aliphatic rings. The van der Waals surface area contributed by atoms with E-state index < -0.39 is 18.5 Å². The summed E-state index contributed by atoms with van der Waals surface area (Å²) in [5, 5.41) is 6.14. The van der Waals surface area contributed by atoms with Gasteiger partial charge >= 0.3 is 5.97 Å². The van der Waals surface area contributed by atoms with Crippen molar-refractivity contribution in [1.29, 1.82) is 0 Å². The second-order valence-corrected chi connectivity index (χ2v) is 5.43. The predicted molar refractivity (Wildman–Crippen MR) is 87.8 cm³/mol. The molecular weight excluding hydrogens is 336 g/mol. The van der Waals surface area contributed by atoms with Gasteiger partial charge in [-0.25, -0.2) is 4.79 Å². The molecule has 8 heteroatoms. The zero-order chi connectivity index (χ0) is 17.5. The lowest BCUT2D eigenvalue weighted by Crippen LogP contribution is -2.38. The second-order valence-electron chi connectivity index (χ2n) is 5.00. The Morgan fingerprint density at radius 1 is 1.17 bits per heavy atom. The van der Waals surface area contributed by atoms with Crippen LogP contribution in [0.5, 0.6) is 0 Å². The van der Waals surface area contributed by atoms with E-state index in [1.807, 2.05) is 6.92 Å². The fourth-order valence-electron chi connectivity index (χ4n) is 1.87. The molecule has 2 N–H and O–H groups in total. The first-order valence-electron chi connectivity index (χ1n) is 7.39. The fraction of sp³-hybridized carbons (Fsp3) is 0.312. The van der Waals surface area contributed by atoms with Gasteiger partial charge in [0.1, 0.15) is 5.58 Å². The Morgan fingerprint density at radius 2 is 1.96 bits per heavy atom. The van der Waals surface area contributed by atoms with E-state index in [0.29, 0.717) is 22.5 Å². The number of benzene rings is 1. The summed E-state index contributed by atoms with van der Waals surface area (Å²) >= 11 is 5.86. The summed E-state index contributed by atoms with van der Waals surface area (Å²) in [7, 11) is 0. The van der Waals surface area contributed by atoms with Crippen molar-refractivity contribution in [2.75, 3.05) is 19.7 Å². The fourth-order valence-corrected chi connectivity index (χ4v) is 2.05. The van der Waals surface area contributed by atoms with E-state index in [-0.39, 0.29) is 18.2 Å². The monoisotopic (exact) mass is 352 g/mol. The molecule has 0 saturated heterocycles. The number of nitrogens with one attached hydrogen (secondary N) is 2. The topological polar surface area (TPSA) is 97.6 Å². The van der Waals surface area contributed by atoms with Crippen molar-refractivity contribution in [2.24, 2.45) is 0 Å². The predicted octanol–water partition coefficient (Wildman–Crippen LogP) is 1.89. The number of hydrogen-bond donors (Lipinski definition) is 2. The van der Waals surface area contributed by atoms with Crippen LogP contribution in [-0.2, 0) is 14.3 Å². The Hall–Kier alpha value is -2.54. The normalized spacial score (nSPS) is 10.4. The summed E-state index contributed by atoms with van der Waals surface area (Å²) in [6.45, 7) is 1.79. The molecule has 0 aliphatic heterocycles. The molecule has 2 rings (SSSR count). The number of carbonyl (C=O) groups is 3. The zero-order valence-electron chi connectivity index (χ0n) is 13.1. The number of hydrogen-bond acceptors (Lipinski definition) is 5. The van der Waals surface area contributed by atoms with E-state index in [0.717, 1.165) is 6.42 Å². The third-order valence-corrected chi connectivity index (χ3v) is 3.27. The molecule has 128 valence electrons. The second kappa shape index (κ2) is 8.35. The van der Waals surface area contributed by atoms with Crippen LogP contribution in [-0.4, -0.2) is 37.5 Å². The SMILES string of the molecule is CCCNC(=O)CNC(=O)COC(=O)c1cc2cc(Cl)ccc2o1. The van der Waals surface area contributed by atoms with E-state index in [1.165, 1.54) is 6.07 Å². The molecule has 2 amide bonds. The van der Waals surface area contributed by atoms with Gasteiger partial charge in [-0.15, -0.1) is 0 Å². The number of amides is 2. The maximum absolute atomic E-state index is 11.9. The van der Waals surface area contributed by atoms with Gasteiger partial charge in [0.15, 0.2) is 6.61 Å². The van der Waals surface area contributed by atoms with Crippen LogP contribution in [0.15, 0.2) is 28.7 Å². The first-order chi connectivity index (χ1) is 11.5. The number of carbonyl (C=O) groups excluding carboxylic acids is 3. The Labute approximate surface area is 143 Å². The van der Waals surface area contributed by atoms with E-state index >= 15 is 0 Å². The minimum Gasteiger partial charge on any atom is -0.450 e.